The summed E-state index contributed by atoms with van der Waals surface area (Å²) in [6.45, 7) is 1.93. The Bertz CT molecular complexity index is 471. The van der Waals surface area contributed by atoms with Gasteiger partial charge < -0.3 is 19.5 Å². The molecule has 1 fully saturated rings. The van der Waals surface area contributed by atoms with E-state index in [0.29, 0.717) is 31.7 Å². The van der Waals surface area contributed by atoms with Crippen molar-refractivity contribution >= 4 is 11.8 Å². The largest absolute Gasteiger partial charge is 0.467 e. The van der Waals surface area contributed by atoms with Crippen LogP contribution in [0.3, 0.4) is 0 Å². The van der Waals surface area contributed by atoms with E-state index in [1.54, 1.807) is 17.2 Å². The lowest BCUT2D eigenvalue weighted by Crippen LogP contribution is -2.44. The zero-order valence-electron chi connectivity index (χ0n) is 12.7. The van der Waals surface area contributed by atoms with Gasteiger partial charge in [-0.2, -0.15) is 0 Å². The van der Waals surface area contributed by atoms with Crippen molar-refractivity contribution in [2.24, 2.45) is 0 Å². The molecule has 2 rings (SSSR count). The van der Waals surface area contributed by atoms with Crippen LogP contribution in [-0.2, 0) is 16.1 Å². The van der Waals surface area contributed by atoms with Gasteiger partial charge >= 0.3 is 0 Å². The number of hydrogen-bond acceptors (Lipinski definition) is 4. The highest BCUT2D eigenvalue weighted by molar-refractivity contribution is 5.90. The van der Waals surface area contributed by atoms with Crippen LogP contribution in [0.25, 0.3) is 0 Å². The third-order valence-corrected chi connectivity index (χ3v) is 3.62. The van der Waals surface area contributed by atoms with E-state index in [2.05, 4.69) is 10.2 Å². The zero-order chi connectivity index (χ0) is 15.2. The second-order valence-corrected chi connectivity index (χ2v) is 5.60. The van der Waals surface area contributed by atoms with Gasteiger partial charge in [0.25, 0.3) is 0 Å². The minimum Gasteiger partial charge on any atom is -0.467 e. The Labute approximate surface area is 125 Å². The van der Waals surface area contributed by atoms with E-state index in [9.17, 15) is 9.59 Å². The molecular weight excluding hydrogens is 270 g/mol. The number of amides is 2. The van der Waals surface area contributed by atoms with Gasteiger partial charge in [-0.1, -0.05) is 0 Å². The molecule has 0 radical (unpaired) electrons. The molecule has 0 spiro atoms. The Morgan fingerprint density at radius 3 is 3.00 bits per heavy atom. The normalized spacial score (nSPS) is 18.5. The quantitative estimate of drug-likeness (QED) is 0.757. The summed E-state index contributed by atoms with van der Waals surface area (Å²) in [5.41, 5.74) is 0. The first-order chi connectivity index (χ1) is 10.1. The smallest absolute Gasteiger partial charge is 0.242 e. The second-order valence-electron chi connectivity index (χ2n) is 5.60. The van der Waals surface area contributed by atoms with Crippen LogP contribution in [-0.4, -0.2) is 54.8 Å². The Balaban J connectivity index is 1.85. The van der Waals surface area contributed by atoms with Crippen LogP contribution in [0.5, 0.6) is 0 Å². The van der Waals surface area contributed by atoms with Gasteiger partial charge in [0.1, 0.15) is 11.8 Å². The molecule has 0 aromatic carbocycles. The van der Waals surface area contributed by atoms with Gasteiger partial charge in [-0.25, -0.2) is 0 Å². The van der Waals surface area contributed by atoms with E-state index in [4.69, 9.17) is 4.42 Å². The summed E-state index contributed by atoms with van der Waals surface area (Å²) in [6, 6.07) is 3.23. The lowest BCUT2D eigenvalue weighted by molar-refractivity contribution is -0.136. The molecule has 116 valence electrons. The van der Waals surface area contributed by atoms with Gasteiger partial charge in [0.15, 0.2) is 0 Å². The summed E-state index contributed by atoms with van der Waals surface area (Å²) in [5.74, 6) is 0.654. The molecule has 1 aliphatic heterocycles. The first kappa shape index (κ1) is 15.6. The van der Waals surface area contributed by atoms with Crippen LogP contribution in [0, 0.1) is 0 Å². The monoisotopic (exact) mass is 293 g/mol. The fourth-order valence-electron chi connectivity index (χ4n) is 2.50. The predicted octanol–water partition coefficient (Wildman–Crippen LogP) is 0.839. The number of hydrogen-bond donors (Lipinski definition) is 1. The number of likely N-dealkylation sites (tertiary alicyclic amines) is 1. The fraction of sp³-hybridized carbons (Fsp3) is 0.600. The standard InChI is InChI=1S/C15H23N3O3/c1-17(2)9-4-8-16-15(20)13-6-7-14(19)18(13)11-12-5-3-10-21-12/h3,5,10,13H,4,6-9,11H2,1-2H3,(H,16,20). The molecule has 0 bridgehead atoms. The van der Waals surface area contributed by atoms with Crippen molar-refractivity contribution in [1.29, 1.82) is 0 Å². The van der Waals surface area contributed by atoms with Crippen LogP contribution in [0.2, 0.25) is 0 Å². The van der Waals surface area contributed by atoms with Crippen LogP contribution in [0.4, 0.5) is 0 Å². The van der Waals surface area contributed by atoms with Crippen LogP contribution in [0.1, 0.15) is 25.0 Å². The van der Waals surface area contributed by atoms with Crippen LogP contribution >= 0.6 is 0 Å². The number of carbonyl (C=O) groups excluding carboxylic acids is 2. The number of nitrogens with one attached hydrogen (secondary N) is 1. The summed E-state index contributed by atoms with van der Waals surface area (Å²) < 4.78 is 5.27. The molecule has 21 heavy (non-hydrogen) atoms. The van der Waals surface area contributed by atoms with Gasteiger partial charge in [-0.15, -0.1) is 0 Å². The maximum Gasteiger partial charge on any atom is 0.242 e. The number of rotatable bonds is 7. The predicted molar refractivity (Wildman–Crippen MR) is 78.5 cm³/mol. The van der Waals surface area contributed by atoms with Gasteiger partial charge in [0, 0.05) is 13.0 Å². The Kier molecular flexibility index (Phi) is 5.38. The van der Waals surface area contributed by atoms with Crippen molar-refractivity contribution in [2.75, 3.05) is 27.2 Å². The average molecular weight is 293 g/mol. The molecule has 6 nitrogen and oxygen atoms in total. The lowest BCUT2D eigenvalue weighted by Gasteiger charge is -2.23. The lowest BCUT2D eigenvalue weighted by atomic mass is 10.2. The number of carbonyl (C=O) groups is 2. The van der Waals surface area contributed by atoms with Crippen molar-refractivity contribution < 1.29 is 14.0 Å². The number of furan rings is 1. The summed E-state index contributed by atoms with van der Waals surface area (Å²) in [6.07, 6.45) is 3.49. The molecular formula is C15H23N3O3. The van der Waals surface area contributed by atoms with Gasteiger partial charge in [-0.3, -0.25) is 9.59 Å². The Hall–Kier alpha value is -1.82. The van der Waals surface area contributed by atoms with Crippen LogP contribution in [0.15, 0.2) is 22.8 Å². The molecule has 1 aliphatic rings. The highest BCUT2D eigenvalue weighted by atomic mass is 16.3. The Morgan fingerprint density at radius 1 is 1.52 bits per heavy atom. The van der Waals surface area contributed by atoms with Gasteiger partial charge in [0.05, 0.1) is 12.8 Å². The average Bonchev–Trinajstić information content (AvgIpc) is 3.06. The first-order valence-electron chi connectivity index (χ1n) is 7.32. The molecule has 2 heterocycles. The van der Waals surface area contributed by atoms with E-state index in [1.807, 2.05) is 20.2 Å². The summed E-state index contributed by atoms with van der Waals surface area (Å²) in [4.78, 5) is 27.8. The SMILES string of the molecule is CN(C)CCCNC(=O)C1CCC(=O)N1Cc1ccco1. The van der Waals surface area contributed by atoms with E-state index in [1.165, 1.54) is 0 Å². The summed E-state index contributed by atoms with van der Waals surface area (Å²) in [7, 11) is 4.01. The van der Waals surface area contributed by atoms with Crippen molar-refractivity contribution in [3.8, 4) is 0 Å². The maximum absolute atomic E-state index is 12.2. The molecule has 0 saturated carbocycles. The zero-order valence-corrected chi connectivity index (χ0v) is 12.7. The van der Waals surface area contributed by atoms with Gasteiger partial charge in [0.2, 0.25) is 11.8 Å². The van der Waals surface area contributed by atoms with E-state index < -0.39 is 0 Å². The van der Waals surface area contributed by atoms with Crippen molar-refractivity contribution in [1.82, 2.24) is 15.1 Å². The minimum absolute atomic E-state index is 0.0137. The van der Waals surface area contributed by atoms with Crippen molar-refractivity contribution in [3.05, 3.63) is 24.2 Å². The molecule has 2 amide bonds. The Morgan fingerprint density at radius 2 is 2.33 bits per heavy atom. The second kappa shape index (κ2) is 7.26. The molecule has 1 aromatic rings. The van der Waals surface area contributed by atoms with Crippen molar-refractivity contribution in [2.45, 2.75) is 31.8 Å². The van der Waals surface area contributed by atoms with E-state index in [-0.39, 0.29) is 17.9 Å². The van der Waals surface area contributed by atoms with Crippen molar-refractivity contribution in [3.63, 3.8) is 0 Å². The van der Waals surface area contributed by atoms with E-state index in [0.717, 1.165) is 13.0 Å². The van der Waals surface area contributed by atoms with E-state index >= 15 is 0 Å². The molecule has 1 saturated heterocycles. The molecule has 1 unspecified atom stereocenters. The third-order valence-electron chi connectivity index (χ3n) is 3.62. The third kappa shape index (κ3) is 4.32. The molecule has 6 heteroatoms. The van der Waals surface area contributed by atoms with Gasteiger partial charge in [-0.05, 0) is 45.6 Å². The minimum atomic E-state index is -0.373. The highest BCUT2D eigenvalue weighted by Crippen LogP contribution is 2.21. The molecule has 1 N–H and O–H groups in total. The molecule has 0 aliphatic carbocycles. The molecule has 1 aromatic heterocycles. The topological polar surface area (TPSA) is 65.8 Å². The fourth-order valence-corrected chi connectivity index (χ4v) is 2.50. The van der Waals surface area contributed by atoms with Crippen LogP contribution < -0.4 is 5.32 Å². The first-order valence-corrected chi connectivity index (χ1v) is 7.32. The molecule has 1 atom stereocenters. The highest BCUT2D eigenvalue weighted by Gasteiger charge is 2.36. The maximum atomic E-state index is 12.2. The summed E-state index contributed by atoms with van der Waals surface area (Å²) in [5, 5.41) is 2.92. The number of nitrogens with zero attached hydrogens (tertiary/aromatic N) is 2. The summed E-state index contributed by atoms with van der Waals surface area (Å²) >= 11 is 0.